The predicted molar refractivity (Wildman–Crippen MR) is 152 cm³/mol. The monoisotopic (exact) mass is 741 g/mol. The molecule has 0 aliphatic carbocycles. The number of benzene rings is 2. The number of unbranched alkanes of at least 4 members (excludes halogenated alkanes) is 2. The largest absolute Gasteiger partial charge is 0.542 e. The van der Waals surface area contributed by atoms with E-state index in [0.29, 0.717) is 22.3 Å². The summed E-state index contributed by atoms with van der Waals surface area (Å²) in [7, 11) is -0.715. The van der Waals surface area contributed by atoms with Crippen molar-refractivity contribution in [3.8, 4) is 0 Å². The van der Waals surface area contributed by atoms with E-state index < -0.39 is 8.80 Å². The molecule has 1 N–H and O–H groups in total. The van der Waals surface area contributed by atoms with E-state index in [1.54, 1.807) is 0 Å². The Balaban J connectivity index is 0.000000247. The van der Waals surface area contributed by atoms with Crippen molar-refractivity contribution in [1.29, 1.82) is 0 Å². The summed E-state index contributed by atoms with van der Waals surface area (Å²) in [4.78, 5) is 21.9. The topological polar surface area (TPSA) is 46.2 Å². The summed E-state index contributed by atoms with van der Waals surface area (Å²) in [6.07, 6.45) is 7.19. The molecule has 3 unspecified atom stereocenters. The van der Waals surface area contributed by atoms with E-state index in [1.807, 2.05) is 24.1 Å². The summed E-state index contributed by atoms with van der Waals surface area (Å²) in [5.74, 6) is 0.842. The first-order chi connectivity index (χ1) is 16.7. The molecule has 3 atom stereocenters. The molecule has 0 aromatic heterocycles. The van der Waals surface area contributed by atoms with Crippen molar-refractivity contribution >= 4 is 43.1 Å². The molecule has 2 fully saturated rings. The second-order valence-electron chi connectivity index (χ2n) is 10.3. The minimum atomic E-state index is -0.715. The van der Waals surface area contributed by atoms with E-state index >= 15 is 0 Å². The molecule has 0 radical (unpaired) electrons. The smallest absolute Gasteiger partial charge is 0.396 e. The van der Waals surface area contributed by atoms with E-state index in [-0.39, 0.29) is 48.5 Å². The van der Waals surface area contributed by atoms with Gasteiger partial charge >= 0.3 is 8.80 Å². The van der Waals surface area contributed by atoms with Crippen LogP contribution in [0.3, 0.4) is 0 Å². The second kappa shape index (κ2) is 14.0. The Hall–Kier alpha value is -1.32. The van der Waals surface area contributed by atoms with Gasteiger partial charge in [0.15, 0.2) is 0 Å². The third-order valence-corrected chi connectivity index (χ3v) is 11.7. The zero-order valence-corrected chi connectivity index (χ0v) is 27.7. The molecule has 2 aromatic carbocycles. The maximum Gasteiger partial charge on any atom is 0.396 e. The van der Waals surface area contributed by atoms with Gasteiger partial charge in [-0.1, -0.05) is 61.9 Å². The normalized spacial score (nSPS) is 22.4. The number of hydrogen-bond acceptors (Lipinski definition) is 3. The van der Waals surface area contributed by atoms with Crippen LogP contribution in [0.15, 0.2) is 85.5 Å². The molecule has 2 aromatic rings. The number of fused-ring (bicyclic) bond motifs is 1. The van der Waals surface area contributed by atoms with Crippen molar-refractivity contribution in [2.24, 2.45) is 5.41 Å². The molecule has 1 amide bonds. The average molecular weight is 742 g/mol. The summed E-state index contributed by atoms with van der Waals surface area (Å²) < 4.78 is 0. The van der Waals surface area contributed by atoms with Crippen LogP contribution in [0, 0.1) is 36.5 Å². The van der Waals surface area contributed by atoms with Gasteiger partial charge in [0.1, 0.15) is 10.4 Å². The fraction of sp³-hybridized carbons (Fsp3) is 0.400. The molecule has 36 heavy (non-hydrogen) atoms. The van der Waals surface area contributed by atoms with Crippen LogP contribution in [0.25, 0.3) is 0 Å². The molecule has 2 saturated heterocycles. The van der Waals surface area contributed by atoms with Crippen LogP contribution in [0.4, 0.5) is 0 Å². The Kier molecular flexibility index (Phi) is 12.0. The fourth-order valence-electron chi connectivity index (χ4n) is 5.04. The van der Waals surface area contributed by atoms with Crippen molar-refractivity contribution in [1.82, 2.24) is 5.32 Å². The fourth-order valence-corrected chi connectivity index (χ4v) is 9.96. The maximum absolute atomic E-state index is 11.8. The molecule has 4 rings (SSSR count). The molecule has 0 bridgehead atoms. The van der Waals surface area contributed by atoms with Gasteiger partial charge in [0, 0.05) is 53.1 Å². The summed E-state index contributed by atoms with van der Waals surface area (Å²) in [6.45, 7) is 14.9. The number of thioether (sulfide) groups is 1. The van der Waals surface area contributed by atoms with E-state index in [1.165, 1.54) is 10.4 Å². The van der Waals surface area contributed by atoms with Crippen LogP contribution in [-0.4, -0.2) is 38.0 Å². The molecule has 0 saturated carbocycles. The zero-order valence-electron chi connectivity index (χ0n) is 21.7. The molecule has 2 aliphatic heterocycles. The van der Waals surface area contributed by atoms with Gasteiger partial charge in [0.2, 0.25) is 5.91 Å². The van der Waals surface area contributed by atoms with Gasteiger partial charge < -0.3 is 10.1 Å². The van der Waals surface area contributed by atoms with E-state index in [0.717, 1.165) is 25.0 Å². The SMILES string of the molecule is C=CC12CSC(CCCC[C-]=O)C1NC(=O)C2=C.CC(C)(C)[Si+](c1ccccc1)c1ccccc1.[U]. The first-order valence-corrected chi connectivity index (χ1v) is 14.9. The Morgan fingerprint density at radius 3 is 2.11 bits per heavy atom. The van der Waals surface area contributed by atoms with Crippen LogP contribution in [0.2, 0.25) is 5.04 Å². The van der Waals surface area contributed by atoms with Gasteiger partial charge in [-0.3, -0.25) is 11.1 Å². The molecule has 3 nitrogen and oxygen atoms in total. The Morgan fingerprint density at radius 2 is 1.64 bits per heavy atom. The molecule has 2 aliphatic rings. The van der Waals surface area contributed by atoms with Crippen LogP contribution >= 0.6 is 11.8 Å². The summed E-state index contributed by atoms with van der Waals surface area (Å²) in [6, 6.07) is 22.0. The number of rotatable bonds is 8. The minimum Gasteiger partial charge on any atom is -0.542 e. The summed E-state index contributed by atoms with van der Waals surface area (Å²) in [5.41, 5.74) is 0.391. The van der Waals surface area contributed by atoms with Crippen molar-refractivity contribution in [2.75, 3.05) is 5.75 Å². The van der Waals surface area contributed by atoms with Crippen LogP contribution < -0.4 is 15.7 Å². The third kappa shape index (κ3) is 7.16. The summed E-state index contributed by atoms with van der Waals surface area (Å²) >= 11 is 1.88. The van der Waals surface area contributed by atoms with Crippen LogP contribution in [0.5, 0.6) is 0 Å². The maximum atomic E-state index is 11.8. The third-order valence-electron chi connectivity index (χ3n) is 6.84. The van der Waals surface area contributed by atoms with Crippen molar-refractivity contribution in [2.45, 2.75) is 62.8 Å². The molecule has 2 heterocycles. The Bertz CT molecular complexity index is 985. The molecular weight excluding hydrogens is 705 g/mol. The van der Waals surface area contributed by atoms with Crippen molar-refractivity contribution in [3.63, 3.8) is 0 Å². The molecule has 0 spiro atoms. The van der Waals surface area contributed by atoms with Gasteiger partial charge in [-0.15, -0.1) is 6.58 Å². The Labute approximate surface area is 247 Å². The number of amides is 1. The first-order valence-electron chi connectivity index (χ1n) is 12.3. The predicted octanol–water partition coefficient (Wildman–Crippen LogP) is 5.09. The number of carbonyl (C=O) groups excluding carboxylic acids is 2. The van der Waals surface area contributed by atoms with Gasteiger partial charge in [0.05, 0.1) is 11.1 Å². The van der Waals surface area contributed by atoms with Gasteiger partial charge in [-0.25, -0.2) is 0 Å². The van der Waals surface area contributed by atoms with Crippen molar-refractivity contribution in [3.05, 3.63) is 85.5 Å². The van der Waals surface area contributed by atoms with Crippen LogP contribution in [0.1, 0.15) is 46.5 Å². The van der Waals surface area contributed by atoms with E-state index in [2.05, 4.69) is 99.9 Å². The molecular formula is C30H37NO2SSiU. The quantitative estimate of drug-likeness (QED) is 0.135. The van der Waals surface area contributed by atoms with Crippen LogP contribution in [-0.2, 0) is 9.59 Å². The van der Waals surface area contributed by atoms with E-state index in [9.17, 15) is 9.59 Å². The number of carbonyl (C=O) groups is 1. The zero-order chi connectivity index (χ0) is 25.5. The first kappa shape index (κ1) is 30.9. The molecule has 188 valence electrons. The minimum absolute atomic E-state index is 0. The van der Waals surface area contributed by atoms with Gasteiger partial charge in [-0.05, 0) is 51.5 Å². The standard InChI is InChI=1S/C16H19Si.C14H18NO2S.U/c1-16(2,3)17(14-10-6-4-7-11-14)15-12-8-5-9-13-15;1-3-14-9-18-11(7-5-4-6-8-16)12(14)15-13(17)10(14)2;/h4-13H,1-3H3;3,11-12H,1-2,4-7,9H2,(H,15,17);/q+1;-1;. The van der Waals surface area contributed by atoms with Crippen molar-refractivity contribution < 1.29 is 40.7 Å². The number of nitrogens with one attached hydrogen (secondary N) is 1. The summed E-state index contributed by atoms with van der Waals surface area (Å²) in [5, 5.41) is 6.76. The Morgan fingerprint density at radius 1 is 1.08 bits per heavy atom. The average Bonchev–Trinajstić information content (AvgIpc) is 3.32. The second-order valence-corrected chi connectivity index (χ2v) is 14.9. The van der Waals surface area contributed by atoms with Gasteiger partial charge in [-0.2, -0.15) is 18.2 Å². The van der Waals surface area contributed by atoms with Gasteiger partial charge in [0.25, 0.3) is 0 Å². The number of hydrogen-bond donors (Lipinski definition) is 1. The van der Waals surface area contributed by atoms with E-state index in [4.69, 9.17) is 0 Å². The molecule has 6 heteroatoms.